The van der Waals surface area contributed by atoms with Crippen LogP contribution < -0.4 is 4.90 Å². The molecule has 0 unspecified atom stereocenters. The van der Waals surface area contributed by atoms with Crippen LogP contribution in [0, 0.1) is 12.7 Å². The van der Waals surface area contributed by atoms with E-state index < -0.39 is 0 Å². The van der Waals surface area contributed by atoms with Crippen LogP contribution in [0.1, 0.15) is 36.3 Å². The molecule has 1 N–H and O–H groups in total. The molecule has 1 aromatic carbocycles. The number of aromatic amines is 1. The van der Waals surface area contributed by atoms with Gasteiger partial charge in [-0.2, -0.15) is 0 Å². The zero-order chi connectivity index (χ0) is 16.5. The average Bonchev–Trinajstić information content (AvgIpc) is 2.99. The molecule has 0 spiro atoms. The average molecular weight is 361 g/mol. The molecule has 0 atom stereocenters. The summed E-state index contributed by atoms with van der Waals surface area (Å²) in [6, 6.07) is 8.73. The number of halogens is 2. The second-order valence-corrected chi connectivity index (χ2v) is 6.50. The summed E-state index contributed by atoms with van der Waals surface area (Å²) in [5.41, 5.74) is 4.13. The maximum Gasteiger partial charge on any atom is 0.156 e. The van der Waals surface area contributed by atoms with Gasteiger partial charge in [0.15, 0.2) is 5.82 Å². The number of aryl methyl sites for hydroxylation is 1. The third-order valence-electron chi connectivity index (χ3n) is 4.59. The van der Waals surface area contributed by atoms with Crippen molar-refractivity contribution in [3.63, 3.8) is 0 Å². The fourth-order valence-corrected chi connectivity index (χ4v) is 3.42. The van der Waals surface area contributed by atoms with Crippen LogP contribution in [-0.2, 0) is 6.42 Å². The molecule has 4 nitrogen and oxygen atoms in total. The molecule has 132 valence electrons. The normalized spacial score (nSPS) is 14.6. The minimum absolute atomic E-state index is 0. The first-order valence-corrected chi connectivity index (χ1v) is 8.55. The number of rotatable bonds is 3. The highest BCUT2D eigenvalue weighted by atomic mass is 35.5. The number of hydrogen-bond donors (Lipinski definition) is 1. The molecule has 0 saturated carbocycles. The monoisotopic (exact) mass is 360 g/mol. The van der Waals surface area contributed by atoms with E-state index in [0.29, 0.717) is 0 Å². The fraction of sp³-hybridized carbons (Fsp3) is 0.368. The van der Waals surface area contributed by atoms with Gasteiger partial charge in [0.2, 0.25) is 0 Å². The van der Waals surface area contributed by atoms with Crippen LogP contribution in [0.2, 0.25) is 0 Å². The summed E-state index contributed by atoms with van der Waals surface area (Å²) >= 11 is 0. The molecule has 1 saturated heterocycles. The smallest absolute Gasteiger partial charge is 0.156 e. The van der Waals surface area contributed by atoms with Gasteiger partial charge in [-0.1, -0.05) is 12.1 Å². The Morgan fingerprint density at radius 3 is 2.52 bits per heavy atom. The SMILES string of the molecule is Cc1nc(N2CCCCC2)c2[nH]c(Cc3ccc(F)cc3)cc2n1.Cl. The van der Waals surface area contributed by atoms with E-state index in [1.807, 2.05) is 19.1 Å². The lowest BCUT2D eigenvalue weighted by Crippen LogP contribution is -2.30. The van der Waals surface area contributed by atoms with E-state index in [1.165, 1.54) is 31.4 Å². The third-order valence-corrected chi connectivity index (χ3v) is 4.59. The van der Waals surface area contributed by atoms with Crippen LogP contribution in [0.15, 0.2) is 30.3 Å². The lowest BCUT2D eigenvalue weighted by Gasteiger charge is -2.28. The van der Waals surface area contributed by atoms with E-state index in [-0.39, 0.29) is 18.2 Å². The standard InChI is InChI=1S/C19H21FN4.ClH/c1-13-21-17-12-16(11-14-5-7-15(20)8-6-14)23-18(17)19(22-13)24-9-3-2-4-10-24;/h5-8,12,23H,2-4,9-11H2,1H3;1H. The lowest BCUT2D eigenvalue weighted by atomic mass is 10.1. The summed E-state index contributed by atoms with van der Waals surface area (Å²) < 4.78 is 13.1. The van der Waals surface area contributed by atoms with Crippen molar-refractivity contribution in [3.05, 3.63) is 53.2 Å². The van der Waals surface area contributed by atoms with Gasteiger partial charge in [-0.3, -0.25) is 0 Å². The predicted octanol–water partition coefficient (Wildman–Crippen LogP) is 4.41. The first-order chi connectivity index (χ1) is 11.7. The molecule has 1 aliphatic heterocycles. The quantitative estimate of drug-likeness (QED) is 0.752. The van der Waals surface area contributed by atoms with Crippen LogP contribution in [-0.4, -0.2) is 28.0 Å². The molecule has 1 fully saturated rings. The van der Waals surface area contributed by atoms with Crippen molar-refractivity contribution in [2.24, 2.45) is 0 Å². The maximum absolute atomic E-state index is 13.1. The van der Waals surface area contributed by atoms with Gasteiger partial charge in [-0.05, 0) is 49.9 Å². The van der Waals surface area contributed by atoms with E-state index >= 15 is 0 Å². The van der Waals surface area contributed by atoms with Gasteiger partial charge in [-0.15, -0.1) is 12.4 Å². The molecule has 4 rings (SSSR count). The Kier molecular flexibility index (Phi) is 5.23. The molecular formula is C19H22ClFN4. The number of anilines is 1. The summed E-state index contributed by atoms with van der Waals surface area (Å²) in [4.78, 5) is 15.1. The highest BCUT2D eigenvalue weighted by Gasteiger charge is 2.18. The highest BCUT2D eigenvalue weighted by Crippen LogP contribution is 2.27. The Morgan fingerprint density at radius 1 is 1.08 bits per heavy atom. The number of aromatic nitrogens is 3. The van der Waals surface area contributed by atoms with E-state index in [4.69, 9.17) is 4.98 Å². The molecule has 0 bridgehead atoms. The fourth-order valence-electron chi connectivity index (χ4n) is 3.42. The first-order valence-electron chi connectivity index (χ1n) is 8.55. The van der Waals surface area contributed by atoms with Gasteiger partial charge in [0, 0.05) is 25.2 Å². The van der Waals surface area contributed by atoms with Gasteiger partial charge in [0.1, 0.15) is 17.2 Å². The molecule has 0 radical (unpaired) electrons. The minimum atomic E-state index is -0.204. The summed E-state index contributed by atoms with van der Waals surface area (Å²) in [6.45, 7) is 4.05. The number of nitrogens with zero attached hydrogens (tertiary/aromatic N) is 3. The lowest BCUT2D eigenvalue weighted by molar-refractivity contribution is 0.574. The van der Waals surface area contributed by atoms with Gasteiger partial charge in [-0.25, -0.2) is 14.4 Å². The van der Waals surface area contributed by atoms with Crippen molar-refractivity contribution < 1.29 is 4.39 Å². The Bertz CT molecular complexity index is 854. The van der Waals surface area contributed by atoms with Crippen molar-refractivity contribution >= 4 is 29.3 Å². The number of piperidine rings is 1. The topological polar surface area (TPSA) is 44.8 Å². The predicted molar refractivity (Wildman–Crippen MR) is 101 cm³/mol. The first kappa shape index (κ1) is 17.7. The van der Waals surface area contributed by atoms with Crippen LogP contribution >= 0.6 is 12.4 Å². The summed E-state index contributed by atoms with van der Waals surface area (Å²) in [7, 11) is 0. The van der Waals surface area contributed by atoms with Gasteiger partial charge in [0.25, 0.3) is 0 Å². The molecule has 2 aromatic heterocycles. The van der Waals surface area contributed by atoms with Gasteiger partial charge >= 0.3 is 0 Å². The molecule has 0 amide bonds. The molecule has 25 heavy (non-hydrogen) atoms. The Hall–Kier alpha value is -2.14. The van der Waals surface area contributed by atoms with Crippen molar-refractivity contribution in [1.29, 1.82) is 0 Å². The molecule has 1 aliphatic rings. The second-order valence-electron chi connectivity index (χ2n) is 6.50. The Morgan fingerprint density at radius 2 is 1.80 bits per heavy atom. The van der Waals surface area contributed by atoms with Crippen molar-refractivity contribution in [3.8, 4) is 0 Å². The number of fused-ring (bicyclic) bond motifs is 1. The third kappa shape index (κ3) is 3.76. The van der Waals surface area contributed by atoms with E-state index in [9.17, 15) is 4.39 Å². The number of H-pyrrole nitrogens is 1. The number of nitrogens with one attached hydrogen (secondary N) is 1. The highest BCUT2D eigenvalue weighted by molar-refractivity contribution is 5.87. The molecule has 6 heteroatoms. The van der Waals surface area contributed by atoms with E-state index in [2.05, 4.69) is 20.9 Å². The largest absolute Gasteiger partial charge is 0.355 e. The van der Waals surface area contributed by atoms with Gasteiger partial charge in [0.05, 0.1) is 5.52 Å². The van der Waals surface area contributed by atoms with Crippen LogP contribution in [0.25, 0.3) is 11.0 Å². The van der Waals surface area contributed by atoms with Gasteiger partial charge < -0.3 is 9.88 Å². The van der Waals surface area contributed by atoms with Crippen LogP contribution in [0.5, 0.6) is 0 Å². The van der Waals surface area contributed by atoms with E-state index in [0.717, 1.165) is 53.4 Å². The zero-order valence-electron chi connectivity index (χ0n) is 14.3. The summed E-state index contributed by atoms with van der Waals surface area (Å²) in [6.07, 6.45) is 4.46. The molecule has 3 heterocycles. The molecule has 3 aromatic rings. The van der Waals surface area contributed by atoms with E-state index in [1.54, 1.807) is 0 Å². The number of benzene rings is 1. The maximum atomic E-state index is 13.1. The van der Waals surface area contributed by atoms with Crippen molar-refractivity contribution in [2.45, 2.75) is 32.6 Å². The van der Waals surface area contributed by atoms with Crippen molar-refractivity contribution in [2.75, 3.05) is 18.0 Å². The molecule has 0 aliphatic carbocycles. The Balaban J connectivity index is 0.00000182. The van der Waals surface area contributed by atoms with Crippen LogP contribution in [0.3, 0.4) is 0 Å². The summed E-state index contributed by atoms with van der Waals surface area (Å²) in [5.74, 6) is 1.61. The zero-order valence-corrected chi connectivity index (χ0v) is 15.1. The Labute approximate surface area is 152 Å². The van der Waals surface area contributed by atoms with Crippen molar-refractivity contribution in [1.82, 2.24) is 15.0 Å². The minimum Gasteiger partial charge on any atom is -0.355 e. The van der Waals surface area contributed by atoms with Crippen LogP contribution in [0.4, 0.5) is 10.2 Å². The second kappa shape index (κ2) is 7.40. The summed E-state index contributed by atoms with van der Waals surface area (Å²) in [5, 5.41) is 0. The molecular weight excluding hydrogens is 339 g/mol. The number of hydrogen-bond acceptors (Lipinski definition) is 3.